The quantitative estimate of drug-likeness (QED) is 0.896. The van der Waals surface area contributed by atoms with Crippen LogP contribution in [-0.2, 0) is 12.0 Å². The molecule has 1 aromatic carbocycles. The van der Waals surface area contributed by atoms with Crippen molar-refractivity contribution in [2.24, 2.45) is 4.99 Å². The highest BCUT2D eigenvalue weighted by Crippen LogP contribution is 2.53. The molecule has 2 aliphatic rings. The summed E-state index contributed by atoms with van der Waals surface area (Å²) in [6.45, 7) is 0.665. The molecule has 2 aromatic rings. The van der Waals surface area contributed by atoms with Gasteiger partial charge in [0.2, 0.25) is 0 Å². The summed E-state index contributed by atoms with van der Waals surface area (Å²) in [4.78, 5) is 4.34. The van der Waals surface area contributed by atoms with Gasteiger partial charge in [0.1, 0.15) is 11.5 Å². The summed E-state index contributed by atoms with van der Waals surface area (Å²) < 4.78 is 16.8. The first-order chi connectivity index (χ1) is 11.6. The first kappa shape index (κ1) is 15.6. The summed E-state index contributed by atoms with van der Waals surface area (Å²) in [5.74, 6) is 0.466. The van der Waals surface area contributed by atoms with Crippen LogP contribution in [0.2, 0.25) is 5.02 Å². The van der Waals surface area contributed by atoms with E-state index in [0.29, 0.717) is 17.3 Å². The Morgan fingerprint density at radius 1 is 1.50 bits per heavy atom. The standard InChI is InChI=1S/C17H19ClFN5/c1-20-7-10-8-22-24(9-10)15-12(18)6-11-14(13(15)19)23-16(21-2)17(11)4-3-5-17/h6,8-9,20H,3-5,7H2,1-2H3,(H,21,23). The Bertz CT molecular complexity index is 838. The van der Waals surface area contributed by atoms with Crippen LogP contribution in [0.25, 0.3) is 5.69 Å². The van der Waals surface area contributed by atoms with E-state index in [-0.39, 0.29) is 16.9 Å². The van der Waals surface area contributed by atoms with E-state index in [2.05, 4.69) is 20.7 Å². The zero-order valence-corrected chi connectivity index (χ0v) is 14.4. The van der Waals surface area contributed by atoms with Gasteiger partial charge in [0.15, 0.2) is 5.82 Å². The number of benzene rings is 1. The minimum Gasteiger partial charge on any atom is -0.341 e. The van der Waals surface area contributed by atoms with Crippen LogP contribution in [0.4, 0.5) is 10.1 Å². The molecule has 2 N–H and O–H groups in total. The fraction of sp³-hybridized carbons (Fsp3) is 0.412. The van der Waals surface area contributed by atoms with E-state index in [1.807, 2.05) is 13.1 Å². The Kier molecular flexibility index (Phi) is 3.62. The number of nitrogens with zero attached hydrogens (tertiary/aromatic N) is 3. The van der Waals surface area contributed by atoms with Crippen molar-refractivity contribution in [1.29, 1.82) is 0 Å². The van der Waals surface area contributed by atoms with Gasteiger partial charge in [0.25, 0.3) is 0 Å². The van der Waals surface area contributed by atoms with Crippen LogP contribution < -0.4 is 10.6 Å². The van der Waals surface area contributed by atoms with E-state index in [9.17, 15) is 0 Å². The molecule has 1 aromatic heterocycles. The molecular weight excluding hydrogens is 329 g/mol. The van der Waals surface area contributed by atoms with Crippen molar-refractivity contribution in [1.82, 2.24) is 15.1 Å². The van der Waals surface area contributed by atoms with Crippen LogP contribution in [0.1, 0.15) is 30.4 Å². The van der Waals surface area contributed by atoms with Crippen LogP contribution in [0, 0.1) is 5.82 Å². The number of aromatic nitrogens is 2. The zero-order valence-electron chi connectivity index (χ0n) is 13.7. The van der Waals surface area contributed by atoms with E-state index in [4.69, 9.17) is 11.6 Å². The Labute approximate surface area is 144 Å². The van der Waals surface area contributed by atoms with Crippen LogP contribution in [0.15, 0.2) is 23.5 Å². The summed E-state index contributed by atoms with van der Waals surface area (Å²) in [7, 11) is 3.60. The Morgan fingerprint density at radius 3 is 2.92 bits per heavy atom. The molecule has 1 fully saturated rings. The van der Waals surface area contributed by atoms with E-state index in [0.717, 1.165) is 36.2 Å². The molecule has 0 unspecified atom stereocenters. The van der Waals surface area contributed by atoms with Gasteiger partial charge in [-0.1, -0.05) is 18.0 Å². The summed E-state index contributed by atoms with van der Waals surface area (Å²) in [5.41, 5.74) is 2.46. The second-order valence-corrected chi connectivity index (χ2v) is 6.81. The average molecular weight is 348 g/mol. The largest absolute Gasteiger partial charge is 0.341 e. The third kappa shape index (κ3) is 2.03. The molecule has 1 saturated carbocycles. The van der Waals surface area contributed by atoms with E-state index in [1.165, 1.54) is 4.68 Å². The summed E-state index contributed by atoms with van der Waals surface area (Å²) in [6.07, 6.45) is 6.56. The van der Waals surface area contributed by atoms with E-state index >= 15 is 4.39 Å². The van der Waals surface area contributed by atoms with Gasteiger partial charge in [-0.25, -0.2) is 9.07 Å². The monoisotopic (exact) mass is 347 g/mol. The van der Waals surface area contributed by atoms with Crippen molar-refractivity contribution < 1.29 is 4.39 Å². The SMILES string of the molecule is CN=C1Nc2c(cc(Cl)c(-n3cc(CNC)cn3)c2F)C12CCC2. The van der Waals surface area contributed by atoms with Gasteiger partial charge in [0, 0.05) is 25.4 Å². The lowest BCUT2D eigenvalue weighted by Crippen LogP contribution is -2.41. The number of halogens is 2. The third-order valence-corrected chi connectivity index (χ3v) is 5.37. The molecule has 1 aliphatic carbocycles. The first-order valence-electron chi connectivity index (χ1n) is 8.06. The van der Waals surface area contributed by atoms with Crippen molar-refractivity contribution in [3.05, 3.63) is 40.4 Å². The summed E-state index contributed by atoms with van der Waals surface area (Å²) in [5, 5.41) is 10.9. The molecule has 1 aliphatic heterocycles. The fourth-order valence-electron chi connectivity index (χ4n) is 3.77. The first-order valence-corrected chi connectivity index (χ1v) is 8.44. The van der Waals surface area contributed by atoms with Gasteiger partial charge in [-0.2, -0.15) is 5.10 Å². The molecule has 4 rings (SSSR count). The fourth-order valence-corrected chi connectivity index (χ4v) is 4.05. The second-order valence-electron chi connectivity index (χ2n) is 6.40. The Morgan fingerprint density at radius 2 is 2.29 bits per heavy atom. The maximum absolute atomic E-state index is 15.3. The maximum atomic E-state index is 15.3. The highest BCUT2D eigenvalue weighted by Gasteiger charge is 2.50. The predicted octanol–water partition coefficient (Wildman–Crippen LogP) is 3.26. The molecular formula is C17H19ClFN5. The summed E-state index contributed by atoms with van der Waals surface area (Å²) >= 11 is 6.45. The average Bonchev–Trinajstić information content (AvgIpc) is 3.09. The van der Waals surface area contributed by atoms with Gasteiger partial charge in [0.05, 0.1) is 22.3 Å². The van der Waals surface area contributed by atoms with Gasteiger partial charge in [-0.3, -0.25) is 4.99 Å². The molecule has 2 heterocycles. The molecule has 5 nitrogen and oxygen atoms in total. The smallest absolute Gasteiger partial charge is 0.174 e. The van der Waals surface area contributed by atoms with Crippen molar-refractivity contribution in [2.75, 3.05) is 19.4 Å². The number of aliphatic imine (C=N–C) groups is 1. The number of hydrogen-bond acceptors (Lipinski definition) is 3. The molecule has 24 heavy (non-hydrogen) atoms. The second kappa shape index (κ2) is 5.57. The van der Waals surface area contributed by atoms with E-state index < -0.39 is 0 Å². The Balaban J connectivity index is 1.85. The number of fused-ring (bicyclic) bond motifs is 2. The molecule has 0 atom stereocenters. The van der Waals surface area contributed by atoms with Crippen LogP contribution in [0.3, 0.4) is 0 Å². The maximum Gasteiger partial charge on any atom is 0.174 e. The molecule has 0 saturated heterocycles. The highest BCUT2D eigenvalue weighted by atomic mass is 35.5. The molecule has 126 valence electrons. The number of amidine groups is 1. The number of anilines is 1. The summed E-state index contributed by atoms with van der Waals surface area (Å²) in [6, 6.07) is 1.87. The predicted molar refractivity (Wildman–Crippen MR) is 93.8 cm³/mol. The number of hydrogen-bond donors (Lipinski definition) is 2. The molecule has 0 amide bonds. The molecule has 0 radical (unpaired) electrons. The lowest BCUT2D eigenvalue weighted by Gasteiger charge is -2.38. The normalized spacial score (nSPS) is 19.4. The van der Waals surface area contributed by atoms with Crippen molar-refractivity contribution in [3.63, 3.8) is 0 Å². The zero-order chi connectivity index (χ0) is 16.9. The van der Waals surface area contributed by atoms with Crippen molar-refractivity contribution >= 4 is 23.1 Å². The van der Waals surface area contributed by atoms with Crippen molar-refractivity contribution in [3.8, 4) is 5.69 Å². The Hall–Kier alpha value is -1.92. The topological polar surface area (TPSA) is 54.2 Å². The van der Waals surface area contributed by atoms with Crippen LogP contribution in [-0.4, -0.2) is 29.7 Å². The minimum absolute atomic E-state index is 0.186. The highest BCUT2D eigenvalue weighted by molar-refractivity contribution is 6.33. The van der Waals surface area contributed by atoms with Gasteiger partial charge < -0.3 is 10.6 Å². The van der Waals surface area contributed by atoms with Gasteiger partial charge in [-0.15, -0.1) is 0 Å². The minimum atomic E-state index is -0.374. The third-order valence-electron chi connectivity index (χ3n) is 5.08. The van der Waals surface area contributed by atoms with Gasteiger partial charge >= 0.3 is 0 Å². The van der Waals surface area contributed by atoms with Crippen molar-refractivity contribution in [2.45, 2.75) is 31.2 Å². The van der Waals surface area contributed by atoms with Crippen LogP contribution in [0.5, 0.6) is 0 Å². The van der Waals surface area contributed by atoms with E-state index in [1.54, 1.807) is 19.4 Å². The number of nitrogens with one attached hydrogen (secondary N) is 2. The van der Waals surface area contributed by atoms with Crippen LogP contribution >= 0.6 is 11.6 Å². The molecule has 0 bridgehead atoms. The lowest BCUT2D eigenvalue weighted by molar-refractivity contribution is 0.346. The van der Waals surface area contributed by atoms with Gasteiger partial charge in [-0.05, 0) is 31.5 Å². The molecule has 1 spiro atoms. The molecule has 7 heteroatoms. The lowest BCUT2D eigenvalue weighted by atomic mass is 9.65. The number of rotatable bonds is 3.